The fraction of sp³-hybridized carbons (Fsp3) is 0.529. The third kappa shape index (κ3) is 2.86. The Labute approximate surface area is 144 Å². The largest absolute Gasteiger partial charge is 0.491 e. The van der Waals surface area contributed by atoms with Gasteiger partial charge in [0.1, 0.15) is 24.0 Å². The maximum atomic E-state index is 12.5. The van der Waals surface area contributed by atoms with Gasteiger partial charge in [-0.15, -0.1) is 0 Å². The van der Waals surface area contributed by atoms with Gasteiger partial charge in [-0.3, -0.25) is 9.69 Å². The second-order valence-electron chi connectivity index (χ2n) is 6.62. The number of fused-ring (bicyclic) bond motifs is 1. The molecule has 0 aromatic heterocycles. The molecule has 1 aliphatic carbocycles. The van der Waals surface area contributed by atoms with Gasteiger partial charge in [0.15, 0.2) is 11.5 Å². The van der Waals surface area contributed by atoms with Gasteiger partial charge in [0.25, 0.3) is 5.91 Å². The molecule has 1 spiro atoms. The Morgan fingerprint density at radius 1 is 1.24 bits per heavy atom. The molecular formula is C17H20N2O6. The van der Waals surface area contributed by atoms with E-state index in [9.17, 15) is 14.7 Å². The Balaban J connectivity index is 1.34. The zero-order chi connectivity index (χ0) is 17.4. The van der Waals surface area contributed by atoms with Gasteiger partial charge >= 0.3 is 6.03 Å². The van der Waals surface area contributed by atoms with E-state index in [1.165, 1.54) is 0 Å². The Morgan fingerprint density at radius 3 is 2.80 bits per heavy atom. The second kappa shape index (κ2) is 6.11. The number of amides is 3. The molecule has 134 valence electrons. The highest BCUT2D eigenvalue weighted by molar-refractivity contribution is 6.07. The first kappa shape index (κ1) is 16.0. The van der Waals surface area contributed by atoms with Crippen molar-refractivity contribution in [1.29, 1.82) is 0 Å². The highest BCUT2D eigenvalue weighted by Crippen LogP contribution is 2.36. The summed E-state index contributed by atoms with van der Waals surface area (Å²) in [4.78, 5) is 25.7. The Bertz CT molecular complexity index is 700. The van der Waals surface area contributed by atoms with E-state index in [0.29, 0.717) is 30.1 Å². The number of ether oxygens (including phenoxy) is 3. The molecule has 2 N–H and O–H groups in total. The van der Waals surface area contributed by atoms with E-state index in [4.69, 9.17) is 14.2 Å². The van der Waals surface area contributed by atoms with Gasteiger partial charge in [0.05, 0.1) is 6.54 Å². The minimum Gasteiger partial charge on any atom is -0.491 e. The summed E-state index contributed by atoms with van der Waals surface area (Å²) in [6, 6.07) is 4.68. The first-order chi connectivity index (χ1) is 12.1. The SMILES string of the molecule is O=C1NC2(CCCC2)C(=O)N1CC(O)COc1ccc2c(c1)OCO2. The van der Waals surface area contributed by atoms with Crippen LogP contribution in [-0.4, -0.2) is 53.5 Å². The number of aliphatic hydroxyl groups excluding tert-OH is 1. The summed E-state index contributed by atoms with van der Waals surface area (Å²) in [5.74, 6) is 1.52. The number of benzene rings is 1. The molecule has 8 nitrogen and oxygen atoms in total. The van der Waals surface area contributed by atoms with Gasteiger partial charge < -0.3 is 24.6 Å². The average molecular weight is 348 g/mol. The number of urea groups is 1. The van der Waals surface area contributed by atoms with E-state index in [2.05, 4.69) is 5.32 Å². The lowest BCUT2D eigenvalue weighted by atomic mass is 9.98. The van der Waals surface area contributed by atoms with Crippen molar-refractivity contribution in [2.45, 2.75) is 37.3 Å². The van der Waals surface area contributed by atoms with Gasteiger partial charge in [-0.2, -0.15) is 0 Å². The molecule has 2 fully saturated rings. The fourth-order valence-corrected chi connectivity index (χ4v) is 3.58. The van der Waals surface area contributed by atoms with Gasteiger partial charge in [0.2, 0.25) is 6.79 Å². The number of rotatable bonds is 5. The first-order valence-electron chi connectivity index (χ1n) is 8.42. The van der Waals surface area contributed by atoms with Crippen LogP contribution in [-0.2, 0) is 4.79 Å². The van der Waals surface area contributed by atoms with Crippen molar-refractivity contribution in [2.75, 3.05) is 19.9 Å². The summed E-state index contributed by atoms with van der Waals surface area (Å²) >= 11 is 0. The van der Waals surface area contributed by atoms with Crippen LogP contribution in [0.25, 0.3) is 0 Å². The predicted molar refractivity (Wildman–Crippen MR) is 85.5 cm³/mol. The molecule has 3 amide bonds. The van der Waals surface area contributed by atoms with Crippen LogP contribution < -0.4 is 19.5 Å². The zero-order valence-corrected chi connectivity index (χ0v) is 13.7. The number of carbonyl (C=O) groups is 2. The Morgan fingerprint density at radius 2 is 2.00 bits per heavy atom. The standard InChI is InChI=1S/C17H20N2O6/c20-11(9-23-12-3-4-13-14(7-12)25-10-24-13)8-19-15(21)17(18-16(19)22)5-1-2-6-17/h3-4,7,11,20H,1-2,5-6,8-10H2,(H,18,22). The van der Waals surface area contributed by atoms with Crippen molar-refractivity contribution in [2.24, 2.45) is 0 Å². The van der Waals surface area contributed by atoms with Crippen LogP contribution in [0.2, 0.25) is 0 Å². The fourth-order valence-electron chi connectivity index (χ4n) is 3.58. The highest BCUT2D eigenvalue weighted by Gasteiger charge is 2.52. The number of nitrogens with one attached hydrogen (secondary N) is 1. The lowest BCUT2D eigenvalue weighted by Crippen LogP contribution is -2.45. The molecule has 1 saturated heterocycles. The molecule has 0 radical (unpaired) electrons. The minimum absolute atomic E-state index is 0.0380. The monoisotopic (exact) mass is 348 g/mol. The molecule has 8 heteroatoms. The molecule has 2 aliphatic heterocycles. The normalized spacial score (nSPS) is 21.7. The highest BCUT2D eigenvalue weighted by atomic mass is 16.7. The predicted octanol–water partition coefficient (Wildman–Crippen LogP) is 1.02. The smallest absolute Gasteiger partial charge is 0.325 e. The summed E-state index contributed by atoms with van der Waals surface area (Å²) in [7, 11) is 0. The zero-order valence-electron chi connectivity index (χ0n) is 13.7. The van der Waals surface area contributed by atoms with E-state index in [1.54, 1.807) is 18.2 Å². The van der Waals surface area contributed by atoms with Crippen LogP contribution in [0.1, 0.15) is 25.7 Å². The van der Waals surface area contributed by atoms with Crippen molar-refractivity contribution in [3.8, 4) is 17.2 Å². The quantitative estimate of drug-likeness (QED) is 0.771. The summed E-state index contributed by atoms with van der Waals surface area (Å²) < 4.78 is 16.0. The van der Waals surface area contributed by atoms with Crippen LogP contribution in [0.15, 0.2) is 18.2 Å². The molecule has 3 aliphatic rings. The van der Waals surface area contributed by atoms with Crippen LogP contribution in [0.5, 0.6) is 17.2 Å². The van der Waals surface area contributed by atoms with Gasteiger partial charge in [-0.1, -0.05) is 12.8 Å². The van der Waals surface area contributed by atoms with E-state index in [1.807, 2.05) is 0 Å². The van der Waals surface area contributed by atoms with Crippen molar-refractivity contribution < 1.29 is 28.9 Å². The van der Waals surface area contributed by atoms with Crippen molar-refractivity contribution >= 4 is 11.9 Å². The van der Waals surface area contributed by atoms with E-state index >= 15 is 0 Å². The lowest BCUT2D eigenvalue weighted by molar-refractivity contribution is -0.132. The topological polar surface area (TPSA) is 97.3 Å². The van der Waals surface area contributed by atoms with Crippen LogP contribution in [0, 0.1) is 0 Å². The van der Waals surface area contributed by atoms with Crippen LogP contribution in [0.4, 0.5) is 4.79 Å². The number of imide groups is 1. The third-order valence-corrected chi connectivity index (χ3v) is 4.88. The number of aliphatic hydroxyl groups is 1. The first-order valence-corrected chi connectivity index (χ1v) is 8.42. The summed E-state index contributed by atoms with van der Waals surface area (Å²) in [5.41, 5.74) is -0.755. The van der Waals surface area contributed by atoms with Crippen molar-refractivity contribution in [3.63, 3.8) is 0 Å². The van der Waals surface area contributed by atoms with Gasteiger partial charge in [-0.05, 0) is 25.0 Å². The Kier molecular flexibility index (Phi) is 3.91. The molecule has 1 saturated carbocycles. The number of β-amino-alcohol motifs (C(OH)–C–C–N with tert-alkyl or cyclic N) is 1. The maximum absolute atomic E-state index is 12.5. The molecule has 0 bridgehead atoms. The molecule has 4 rings (SSSR count). The van der Waals surface area contributed by atoms with Gasteiger partial charge in [-0.25, -0.2) is 4.79 Å². The van der Waals surface area contributed by atoms with Crippen molar-refractivity contribution in [3.05, 3.63) is 18.2 Å². The number of carbonyl (C=O) groups excluding carboxylic acids is 2. The van der Waals surface area contributed by atoms with Gasteiger partial charge in [0, 0.05) is 6.07 Å². The summed E-state index contributed by atoms with van der Waals surface area (Å²) in [6.07, 6.45) is 2.21. The molecule has 1 aromatic carbocycles. The number of hydrogen-bond acceptors (Lipinski definition) is 6. The molecule has 25 heavy (non-hydrogen) atoms. The molecule has 1 aromatic rings. The molecule has 2 heterocycles. The van der Waals surface area contributed by atoms with E-state index in [-0.39, 0.29) is 25.9 Å². The molecule has 1 atom stereocenters. The number of nitrogens with zero attached hydrogens (tertiary/aromatic N) is 1. The summed E-state index contributed by atoms with van der Waals surface area (Å²) in [5, 5.41) is 13.0. The van der Waals surface area contributed by atoms with Crippen molar-refractivity contribution in [1.82, 2.24) is 10.2 Å². The van der Waals surface area contributed by atoms with Crippen LogP contribution >= 0.6 is 0 Å². The third-order valence-electron chi connectivity index (χ3n) is 4.88. The Hall–Kier alpha value is -2.48. The van der Waals surface area contributed by atoms with E-state index < -0.39 is 17.7 Å². The summed E-state index contributed by atoms with van der Waals surface area (Å²) in [6.45, 7) is 0.0516. The second-order valence-corrected chi connectivity index (χ2v) is 6.62. The average Bonchev–Trinajstić information content (AvgIpc) is 3.30. The maximum Gasteiger partial charge on any atom is 0.325 e. The van der Waals surface area contributed by atoms with E-state index in [0.717, 1.165) is 17.7 Å². The van der Waals surface area contributed by atoms with Crippen LogP contribution in [0.3, 0.4) is 0 Å². The lowest BCUT2D eigenvalue weighted by Gasteiger charge is -2.21. The molecular weight excluding hydrogens is 328 g/mol. The molecule has 1 unspecified atom stereocenters. The minimum atomic E-state index is -0.975. The number of hydrogen-bond donors (Lipinski definition) is 2.